The Kier molecular flexibility index (Phi) is 8.88. The van der Waals surface area contributed by atoms with Crippen LogP contribution in [0.4, 0.5) is 0 Å². The van der Waals surface area contributed by atoms with Gasteiger partial charge in [-0.2, -0.15) is 0 Å². The molecule has 1 atom stereocenters. The molecule has 5 heteroatoms. The molecule has 0 aliphatic heterocycles. The molecule has 0 radical (unpaired) electrons. The van der Waals surface area contributed by atoms with Crippen LogP contribution in [0.25, 0.3) is 0 Å². The first-order valence-corrected chi connectivity index (χ1v) is 13.0. The van der Waals surface area contributed by atoms with E-state index in [2.05, 4.69) is 58.0 Å². The van der Waals surface area contributed by atoms with Crippen LogP contribution in [0, 0.1) is 6.08 Å². The van der Waals surface area contributed by atoms with E-state index in [9.17, 15) is 4.21 Å². The van der Waals surface area contributed by atoms with Gasteiger partial charge in [0.1, 0.15) is 6.08 Å². The Morgan fingerprint density at radius 2 is 1.80 bits per heavy atom. The Morgan fingerprint density at radius 1 is 1.08 bits per heavy atom. The minimum absolute atomic E-state index is 0.521. The minimum atomic E-state index is -0.937. The standard InChI is InChI=1S/C20H25OS4/c1-15(2)23-19-11-7-5-9-17(19)13-22-25(21)14-18-10-6-8-12-20(18)24-16(3)4/h5-10,12,15-16H,13-14H2,1-4H3/q+1. The van der Waals surface area contributed by atoms with Gasteiger partial charge in [-0.1, -0.05) is 57.7 Å². The van der Waals surface area contributed by atoms with Crippen molar-refractivity contribution in [2.75, 3.05) is 5.75 Å². The monoisotopic (exact) mass is 409 g/mol. The van der Waals surface area contributed by atoms with Crippen LogP contribution in [0.1, 0.15) is 33.3 Å². The van der Waals surface area contributed by atoms with E-state index < -0.39 is 9.83 Å². The smallest absolute Gasteiger partial charge is 0.176 e. The van der Waals surface area contributed by atoms with Crippen molar-refractivity contribution < 1.29 is 4.21 Å². The molecule has 0 N–H and O–H groups in total. The third-order valence-electron chi connectivity index (χ3n) is 3.21. The predicted molar refractivity (Wildman–Crippen MR) is 118 cm³/mol. The Morgan fingerprint density at radius 3 is 2.52 bits per heavy atom. The van der Waals surface area contributed by atoms with Gasteiger partial charge in [0.15, 0.2) is 4.91 Å². The Bertz CT molecular complexity index is 687. The topological polar surface area (TPSA) is 17.1 Å². The highest BCUT2D eigenvalue weighted by molar-refractivity contribution is 8.68. The number of hydrogen-bond donors (Lipinski definition) is 0. The summed E-state index contributed by atoms with van der Waals surface area (Å²) in [5, 5.41) is 1.05. The second-order valence-corrected chi connectivity index (χ2v) is 12.6. The molecule has 1 aromatic rings. The van der Waals surface area contributed by atoms with Crippen molar-refractivity contribution >= 4 is 44.1 Å². The molecule has 25 heavy (non-hydrogen) atoms. The molecule has 1 aliphatic rings. The van der Waals surface area contributed by atoms with Crippen molar-refractivity contribution in [2.24, 2.45) is 0 Å². The normalized spacial score (nSPS) is 15.1. The summed E-state index contributed by atoms with van der Waals surface area (Å²) < 4.78 is 12.6. The summed E-state index contributed by atoms with van der Waals surface area (Å²) in [7, 11) is 0.585. The first-order chi connectivity index (χ1) is 12.0. The maximum Gasteiger partial charge on any atom is 0.176 e. The second kappa shape index (κ2) is 10.6. The Hall–Kier alpha value is -0.450. The van der Waals surface area contributed by atoms with E-state index in [1.54, 1.807) is 0 Å². The molecule has 0 fully saturated rings. The predicted octanol–water partition coefficient (Wildman–Crippen LogP) is 6.41. The van der Waals surface area contributed by atoms with Crippen LogP contribution >= 0.6 is 34.3 Å². The molecular formula is C20H25OS4+. The molecule has 0 saturated heterocycles. The first kappa shape index (κ1) is 20.9. The van der Waals surface area contributed by atoms with Crippen molar-refractivity contribution in [3.63, 3.8) is 0 Å². The minimum Gasteiger partial charge on any atom is -0.248 e. The van der Waals surface area contributed by atoms with Crippen LogP contribution in [-0.4, -0.2) is 20.5 Å². The van der Waals surface area contributed by atoms with Crippen LogP contribution < -0.4 is 0 Å². The molecule has 0 spiro atoms. The molecule has 1 unspecified atom stereocenters. The molecule has 1 aliphatic carbocycles. The molecule has 1 nitrogen and oxygen atoms in total. The highest BCUT2D eigenvalue weighted by Gasteiger charge is 2.20. The van der Waals surface area contributed by atoms with E-state index in [-0.39, 0.29) is 0 Å². The molecule has 0 aromatic heterocycles. The van der Waals surface area contributed by atoms with E-state index in [4.69, 9.17) is 0 Å². The zero-order valence-corrected chi connectivity index (χ0v) is 18.4. The largest absolute Gasteiger partial charge is 0.248 e. The number of allylic oxidation sites excluding steroid dienone is 5. The van der Waals surface area contributed by atoms with E-state index in [0.29, 0.717) is 16.3 Å². The lowest BCUT2D eigenvalue weighted by Crippen LogP contribution is -2.00. The molecule has 0 bridgehead atoms. The summed E-state index contributed by atoms with van der Waals surface area (Å²) in [5.74, 6) is 1.36. The first-order valence-electron chi connectivity index (χ1n) is 8.38. The van der Waals surface area contributed by atoms with Gasteiger partial charge in [-0.15, -0.1) is 11.8 Å². The van der Waals surface area contributed by atoms with Gasteiger partial charge in [0.25, 0.3) is 0 Å². The number of rotatable bonds is 9. The van der Waals surface area contributed by atoms with Crippen LogP contribution in [0.2, 0.25) is 0 Å². The summed E-state index contributed by atoms with van der Waals surface area (Å²) in [6.45, 7) is 8.74. The molecule has 0 amide bonds. The second-order valence-electron chi connectivity index (χ2n) is 6.18. The molecule has 1 aromatic carbocycles. The Labute approximate surface area is 167 Å². The number of benzene rings is 1. The fourth-order valence-corrected chi connectivity index (χ4v) is 6.74. The van der Waals surface area contributed by atoms with Gasteiger partial charge >= 0.3 is 0 Å². The van der Waals surface area contributed by atoms with Crippen LogP contribution in [0.3, 0.4) is 0 Å². The van der Waals surface area contributed by atoms with Gasteiger partial charge in [-0.05, 0) is 22.4 Å². The maximum atomic E-state index is 12.6. The van der Waals surface area contributed by atoms with Crippen molar-refractivity contribution in [1.82, 2.24) is 0 Å². The van der Waals surface area contributed by atoms with Crippen molar-refractivity contribution in [3.8, 4) is 0 Å². The van der Waals surface area contributed by atoms with Gasteiger partial charge in [-0.25, -0.2) is 4.21 Å². The molecule has 0 heterocycles. The third kappa shape index (κ3) is 7.36. The van der Waals surface area contributed by atoms with Crippen LogP contribution in [-0.2, 0) is 15.6 Å². The Balaban J connectivity index is 1.94. The highest BCUT2D eigenvalue weighted by atomic mass is 33.1. The zero-order valence-electron chi connectivity index (χ0n) is 15.2. The summed E-state index contributed by atoms with van der Waals surface area (Å²) >= 11 is 3.66. The van der Waals surface area contributed by atoms with Crippen LogP contribution in [0.5, 0.6) is 0 Å². The summed E-state index contributed by atoms with van der Waals surface area (Å²) in [6, 6.07) is 8.32. The van der Waals surface area contributed by atoms with Crippen molar-refractivity contribution in [2.45, 2.75) is 48.8 Å². The summed E-state index contributed by atoms with van der Waals surface area (Å²) in [4.78, 5) is 2.42. The van der Waals surface area contributed by atoms with Gasteiger partial charge < -0.3 is 0 Å². The quantitative estimate of drug-likeness (QED) is 0.266. The lowest BCUT2D eigenvalue weighted by Gasteiger charge is -2.11. The lowest BCUT2D eigenvalue weighted by atomic mass is 10.2. The van der Waals surface area contributed by atoms with E-state index in [1.165, 1.54) is 31.7 Å². The third-order valence-corrected chi connectivity index (χ3v) is 8.15. The van der Waals surface area contributed by atoms with E-state index >= 15 is 0 Å². The van der Waals surface area contributed by atoms with E-state index in [1.807, 2.05) is 41.7 Å². The fourth-order valence-electron chi connectivity index (χ4n) is 2.21. The average Bonchev–Trinajstić information content (AvgIpc) is 2.55. The van der Waals surface area contributed by atoms with Gasteiger partial charge in [0.2, 0.25) is 0 Å². The summed E-state index contributed by atoms with van der Waals surface area (Å²) in [6.07, 6.45) is 9.40. The van der Waals surface area contributed by atoms with E-state index in [0.717, 1.165) is 5.75 Å². The highest BCUT2D eigenvalue weighted by Crippen LogP contribution is 2.33. The molecule has 2 rings (SSSR count). The molecule has 134 valence electrons. The molecular weight excluding hydrogens is 384 g/mol. The van der Waals surface area contributed by atoms with Gasteiger partial charge in [0, 0.05) is 21.5 Å². The van der Waals surface area contributed by atoms with Crippen molar-refractivity contribution in [1.29, 1.82) is 0 Å². The fraction of sp³-hybridized carbons (Fsp3) is 0.400. The maximum absolute atomic E-state index is 12.6. The average molecular weight is 410 g/mol. The zero-order chi connectivity index (χ0) is 18.2. The SMILES string of the molecule is CC(C)SC1=[C+]C=CC=C1CSS(=O)Cc1ccccc1SC(C)C. The summed E-state index contributed by atoms with van der Waals surface area (Å²) in [5.41, 5.74) is 2.41. The van der Waals surface area contributed by atoms with Crippen molar-refractivity contribution in [3.05, 3.63) is 64.6 Å². The number of hydrogen-bond acceptors (Lipinski definition) is 4. The number of thioether (sulfide) groups is 2. The lowest BCUT2D eigenvalue weighted by molar-refractivity contribution is 0.691. The van der Waals surface area contributed by atoms with Gasteiger partial charge in [-0.3, -0.25) is 0 Å². The molecule has 0 saturated carbocycles. The van der Waals surface area contributed by atoms with Crippen LogP contribution in [0.15, 0.2) is 57.9 Å². The van der Waals surface area contributed by atoms with Gasteiger partial charge in [0.05, 0.1) is 39.1 Å².